The van der Waals surface area contributed by atoms with Crippen LogP contribution in [0.4, 0.5) is 29.9 Å². The second-order valence-corrected chi connectivity index (χ2v) is 14.9. The topological polar surface area (TPSA) is 135 Å². The molecule has 0 radical (unpaired) electrons. The average Bonchev–Trinajstić information content (AvgIpc) is 2.96. The minimum Gasteiger partial charge on any atom is -0.481 e. The quantitative estimate of drug-likeness (QED) is 0.241. The second-order valence-electron chi connectivity index (χ2n) is 14.0. The number of carbonyl (C=O) groups is 3. The fourth-order valence-electron chi connectivity index (χ4n) is 5.61. The molecule has 1 aromatic carbocycles. The van der Waals surface area contributed by atoms with Crippen LogP contribution in [0.1, 0.15) is 97.0 Å². The van der Waals surface area contributed by atoms with E-state index in [2.05, 4.69) is 30.9 Å². The van der Waals surface area contributed by atoms with E-state index in [0.717, 1.165) is 4.90 Å². The molecule has 3 aromatic rings. The molecular formula is C34H42BrF2N5O6. The maximum absolute atomic E-state index is 14.3. The monoisotopic (exact) mass is 733 g/mol. The van der Waals surface area contributed by atoms with Crippen LogP contribution >= 0.6 is 15.9 Å². The van der Waals surface area contributed by atoms with Gasteiger partial charge in [0.1, 0.15) is 16.7 Å². The molecule has 1 N–H and O–H groups in total. The highest BCUT2D eigenvalue weighted by Crippen LogP contribution is 2.37. The van der Waals surface area contributed by atoms with Crippen molar-refractivity contribution in [2.75, 3.05) is 4.90 Å². The first kappa shape index (κ1) is 36.9. The van der Waals surface area contributed by atoms with Crippen molar-refractivity contribution in [3.05, 3.63) is 51.9 Å². The average molecular weight is 735 g/mol. The zero-order chi connectivity index (χ0) is 35.6. The predicted molar refractivity (Wildman–Crippen MR) is 179 cm³/mol. The summed E-state index contributed by atoms with van der Waals surface area (Å²) in [7, 11) is 0. The van der Waals surface area contributed by atoms with Crippen molar-refractivity contribution in [3.63, 3.8) is 0 Å². The van der Waals surface area contributed by atoms with E-state index >= 15 is 0 Å². The van der Waals surface area contributed by atoms with Gasteiger partial charge in [-0.15, -0.1) is 0 Å². The largest absolute Gasteiger partial charge is 0.481 e. The molecule has 0 bridgehead atoms. The number of hydrogen-bond donors (Lipinski definition) is 1. The summed E-state index contributed by atoms with van der Waals surface area (Å²) in [5.74, 6) is -1.82. The third-order valence-corrected chi connectivity index (χ3v) is 8.61. The lowest BCUT2D eigenvalue weighted by atomic mass is 9.83. The van der Waals surface area contributed by atoms with E-state index in [9.17, 15) is 28.3 Å². The molecule has 14 heteroatoms. The van der Waals surface area contributed by atoms with Gasteiger partial charge in [0.2, 0.25) is 0 Å². The molecule has 2 aromatic heterocycles. The summed E-state index contributed by atoms with van der Waals surface area (Å²) >= 11 is 3.48. The number of aromatic nitrogens is 3. The summed E-state index contributed by atoms with van der Waals surface area (Å²) in [6.07, 6.45) is -0.472. The Morgan fingerprint density at radius 1 is 1.00 bits per heavy atom. The van der Waals surface area contributed by atoms with E-state index in [1.54, 1.807) is 77.6 Å². The van der Waals surface area contributed by atoms with Crippen molar-refractivity contribution in [1.29, 1.82) is 0 Å². The Hall–Kier alpha value is -3.94. The Kier molecular flexibility index (Phi) is 11.3. The number of carboxylic acids is 1. The third-order valence-electron chi connectivity index (χ3n) is 7.76. The van der Waals surface area contributed by atoms with E-state index in [1.165, 1.54) is 6.20 Å². The number of carboxylic acid groups (broad SMARTS) is 1. The highest BCUT2D eigenvalue weighted by Gasteiger charge is 2.34. The van der Waals surface area contributed by atoms with Gasteiger partial charge in [0.25, 0.3) is 6.43 Å². The van der Waals surface area contributed by atoms with Gasteiger partial charge >= 0.3 is 18.2 Å². The summed E-state index contributed by atoms with van der Waals surface area (Å²) in [6, 6.07) is 6.45. The van der Waals surface area contributed by atoms with Crippen LogP contribution in [0.25, 0.3) is 11.0 Å². The number of benzene rings is 1. The number of pyridine rings is 1. The highest BCUT2D eigenvalue weighted by atomic mass is 79.9. The molecule has 11 nitrogen and oxygen atoms in total. The zero-order valence-electron chi connectivity index (χ0n) is 28.2. The number of rotatable bonds is 8. The molecule has 1 fully saturated rings. The number of ether oxygens (including phenoxy) is 2. The molecule has 0 aliphatic heterocycles. The summed E-state index contributed by atoms with van der Waals surface area (Å²) in [4.78, 5) is 54.0. The van der Waals surface area contributed by atoms with E-state index in [4.69, 9.17) is 9.47 Å². The van der Waals surface area contributed by atoms with Gasteiger partial charge in [-0.2, -0.15) is 0 Å². The van der Waals surface area contributed by atoms with Gasteiger partial charge in [0, 0.05) is 23.1 Å². The lowest BCUT2D eigenvalue weighted by Crippen LogP contribution is -2.44. The van der Waals surface area contributed by atoms with E-state index in [-0.39, 0.29) is 41.8 Å². The highest BCUT2D eigenvalue weighted by molar-refractivity contribution is 9.10. The number of anilines is 2. The molecule has 2 amide bonds. The van der Waals surface area contributed by atoms with Crippen LogP contribution in [0.2, 0.25) is 0 Å². The first-order valence-electron chi connectivity index (χ1n) is 15.8. The van der Waals surface area contributed by atoms with Crippen LogP contribution in [0.5, 0.6) is 0 Å². The molecule has 2 heterocycles. The van der Waals surface area contributed by atoms with Gasteiger partial charge in [-0.05, 0) is 109 Å². The van der Waals surface area contributed by atoms with Crippen LogP contribution in [-0.2, 0) is 20.8 Å². The van der Waals surface area contributed by atoms with Crippen molar-refractivity contribution in [2.45, 2.75) is 111 Å². The molecule has 0 spiro atoms. The van der Waals surface area contributed by atoms with Crippen molar-refractivity contribution in [3.8, 4) is 0 Å². The van der Waals surface area contributed by atoms with Crippen LogP contribution in [-0.4, -0.2) is 60.4 Å². The number of amides is 2. The van der Waals surface area contributed by atoms with Crippen molar-refractivity contribution in [1.82, 2.24) is 19.9 Å². The number of nitrogens with zero attached hydrogens (tertiary/aromatic N) is 5. The number of hydrogen-bond acceptors (Lipinski definition) is 8. The Balaban J connectivity index is 1.80. The smallest absolute Gasteiger partial charge is 0.420 e. The summed E-state index contributed by atoms with van der Waals surface area (Å²) in [6.45, 7) is 12.2. The molecule has 4 rings (SSSR count). The molecule has 1 aliphatic carbocycles. The minimum atomic E-state index is -3.07. The Labute approximate surface area is 287 Å². The first-order chi connectivity index (χ1) is 22.3. The molecule has 1 aliphatic rings. The zero-order valence-corrected chi connectivity index (χ0v) is 29.8. The lowest BCUT2D eigenvalue weighted by Gasteiger charge is -2.37. The van der Waals surface area contributed by atoms with Crippen molar-refractivity contribution < 1.29 is 37.7 Å². The van der Waals surface area contributed by atoms with Crippen LogP contribution in [0, 0.1) is 12.8 Å². The van der Waals surface area contributed by atoms with Crippen molar-refractivity contribution >= 4 is 56.6 Å². The fourth-order valence-corrected chi connectivity index (χ4v) is 5.97. The molecule has 48 heavy (non-hydrogen) atoms. The third kappa shape index (κ3) is 9.36. The van der Waals surface area contributed by atoms with Crippen molar-refractivity contribution in [2.24, 2.45) is 5.92 Å². The van der Waals surface area contributed by atoms with Crippen LogP contribution < -0.4 is 4.90 Å². The van der Waals surface area contributed by atoms with Gasteiger partial charge in [-0.3, -0.25) is 9.78 Å². The molecule has 0 unspecified atom stereocenters. The number of carbonyl (C=O) groups excluding carboxylic acids is 2. The van der Waals surface area contributed by atoms with E-state index in [0.29, 0.717) is 47.0 Å². The summed E-state index contributed by atoms with van der Waals surface area (Å²) in [5, 5.41) is 9.24. The molecule has 0 atom stereocenters. The molecule has 0 saturated heterocycles. The molecule has 260 valence electrons. The van der Waals surface area contributed by atoms with E-state index < -0.39 is 41.6 Å². The Bertz CT molecular complexity index is 1670. The molecule has 1 saturated carbocycles. The fraction of sp³-hybridized carbons (Fsp3) is 0.529. The number of halogens is 3. The lowest BCUT2D eigenvalue weighted by molar-refractivity contribution is -0.138. The van der Waals surface area contributed by atoms with Gasteiger partial charge in [-0.1, -0.05) is 22.0 Å². The SMILES string of the molecule is Cc1c(Br)cccc1N(C(=O)OC(C)(C)C)c1nc(C(F)F)nc2cc(CN(C(=O)OC(C)(C)C)C3CCC(CC(=O)O)CC3)cnc12. The van der Waals surface area contributed by atoms with Crippen LogP contribution in [0.15, 0.2) is 34.9 Å². The Morgan fingerprint density at radius 2 is 1.62 bits per heavy atom. The number of fused-ring (bicyclic) bond motifs is 1. The van der Waals surface area contributed by atoms with Gasteiger partial charge < -0.3 is 19.5 Å². The van der Waals surface area contributed by atoms with Crippen LogP contribution in [0.3, 0.4) is 0 Å². The molecular weight excluding hydrogens is 692 g/mol. The standard InChI is InChI=1S/C34H42BrF2N5O6/c1-19-23(35)9-8-10-25(19)42(32(46)48-34(5,6)7)30-27-24(39-29(40-30)28(36)37)15-21(17-38-27)18-41(31(45)47-33(2,3)4)22-13-11-20(12-14-22)16-26(43)44/h8-10,15,17,20,22,28H,11-14,16,18H2,1-7H3,(H,43,44). The maximum Gasteiger partial charge on any atom is 0.420 e. The summed E-state index contributed by atoms with van der Waals surface area (Å²) < 4.78 is 40.7. The second kappa shape index (κ2) is 14.7. The predicted octanol–water partition coefficient (Wildman–Crippen LogP) is 8.88. The Morgan fingerprint density at radius 3 is 2.21 bits per heavy atom. The summed E-state index contributed by atoms with van der Waals surface area (Å²) in [5.41, 5.74) is -0.0948. The van der Waals surface area contributed by atoms with Gasteiger partial charge in [-0.25, -0.2) is 33.2 Å². The number of aliphatic carboxylic acids is 1. The minimum absolute atomic E-state index is 0.0197. The maximum atomic E-state index is 14.3. The normalized spacial score (nSPS) is 16.9. The number of alkyl halides is 2. The van der Waals surface area contributed by atoms with Gasteiger partial charge in [0.15, 0.2) is 11.6 Å². The van der Waals surface area contributed by atoms with Gasteiger partial charge in [0.05, 0.1) is 17.7 Å². The first-order valence-corrected chi connectivity index (χ1v) is 16.6. The van der Waals surface area contributed by atoms with E-state index in [1.807, 2.05) is 0 Å².